The fourth-order valence-electron chi connectivity index (χ4n) is 4.82. The van der Waals surface area contributed by atoms with Gasteiger partial charge in [0, 0.05) is 25.6 Å². The first-order valence-corrected chi connectivity index (χ1v) is 9.46. The summed E-state index contributed by atoms with van der Waals surface area (Å²) < 4.78 is 1.89. The van der Waals surface area contributed by atoms with Crippen LogP contribution >= 0.6 is 0 Å². The van der Waals surface area contributed by atoms with E-state index in [1.807, 2.05) is 17.9 Å². The summed E-state index contributed by atoms with van der Waals surface area (Å²) in [5.41, 5.74) is 0.968. The number of hydrogen-bond donors (Lipinski definition) is 1. The zero-order valence-electron chi connectivity index (χ0n) is 14.4. The van der Waals surface area contributed by atoms with Gasteiger partial charge in [0.15, 0.2) is 5.65 Å². The lowest BCUT2D eigenvalue weighted by Crippen LogP contribution is -2.53. The standard InChI is InChI=1S/C18H26N6/c1-23-18-14(10-19-23)17(21-16(22-18)13-4-2-3-5-13)20-15-11-24-8-6-12(15)7-9-24/h10,12-13,15H,2-9,11H2,1H3,(H,20,21,22)/t15-/m1/s1. The SMILES string of the molecule is Cn1ncc2c(N[C@@H]3CN4CCC3CC4)nc(C3CCCC3)nc21. The van der Waals surface area contributed by atoms with Crippen molar-refractivity contribution in [1.82, 2.24) is 24.6 Å². The van der Waals surface area contributed by atoms with Gasteiger partial charge < -0.3 is 10.2 Å². The van der Waals surface area contributed by atoms with Crippen LogP contribution in [0.4, 0.5) is 5.82 Å². The summed E-state index contributed by atoms with van der Waals surface area (Å²) in [4.78, 5) is 12.4. The van der Waals surface area contributed by atoms with Crippen molar-refractivity contribution in [2.45, 2.75) is 50.5 Å². The Kier molecular flexibility index (Phi) is 3.47. The van der Waals surface area contributed by atoms with E-state index in [2.05, 4.69) is 15.3 Å². The Morgan fingerprint density at radius 3 is 2.58 bits per heavy atom. The first-order chi connectivity index (χ1) is 11.8. The second kappa shape index (κ2) is 5.69. The molecule has 3 aliphatic heterocycles. The van der Waals surface area contributed by atoms with Crippen LogP contribution < -0.4 is 5.32 Å². The van der Waals surface area contributed by atoms with Crippen molar-refractivity contribution in [1.29, 1.82) is 0 Å². The lowest BCUT2D eigenvalue weighted by molar-refractivity contribution is 0.0974. The lowest BCUT2D eigenvalue weighted by Gasteiger charge is -2.45. The number of nitrogens with zero attached hydrogens (tertiary/aromatic N) is 5. The Hall–Kier alpha value is -1.69. The third-order valence-corrected chi connectivity index (χ3v) is 6.31. The van der Waals surface area contributed by atoms with Crippen LogP contribution in [0.25, 0.3) is 11.0 Å². The molecule has 1 saturated carbocycles. The predicted octanol–water partition coefficient (Wildman–Crippen LogP) is 2.53. The molecule has 1 aliphatic carbocycles. The lowest BCUT2D eigenvalue weighted by atomic mass is 9.84. The van der Waals surface area contributed by atoms with Gasteiger partial charge in [-0.25, -0.2) is 9.97 Å². The molecule has 0 amide bonds. The quantitative estimate of drug-likeness (QED) is 0.939. The van der Waals surface area contributed by atoms with Gasteiger partial charge in [-0.3, -0.25) is 4.68 Å². The van der Waals surface area contributed by atoms with Gasteiger partial charge in [0.25, 0.3) is 0 Å². The molecular formula is C18H26N6. The van der Waals surface area contributed by atoms with Crippen molar-refractivity contribution >= 4 is 16.9 Å². The van der Waals surface area contributed by atoms with Crippen LogP contribution in [0.1, 0.15) is 50.3 Å². The number of nitrogens with one attached hydrogen (secondary N) is 1. The molecule has 1 atom stereocenters. The van der Waals surface area contributed by atoms with Gasteiger partial charge in [0.2, 0.25) is 0 Å². The highest BCUT2D eigenvalue weighted by molar-refractivity contribution is 5.86. The average molecular weight is 326 g/mol. The minimum absolute atomic E-state index is 0.516. The number of fused-ring (bicyclic) bond motifs is 4. The molecule has 5 heterocycles. The molecule has 2 aromatic rings. The zero-order valence-corrected chi connectivity index (χ0v) is 14.4. The highest BCUT2D eigenvalue weighted by atomic mass is 15.3. The van der Waals surface area contributed by atoms with E-state index >= 15 is 0 Å². The number of hydrogen-bond acceptors (Lipinski definition) is 5. The van der Waals surface area contributed by atoms with Gasteiger partial charge >= 0.3 is 0 Å². The molecule has 0 unspecified atom stereocenters. The van der Waals surface area contributed by atoms with Gasteiger partial charge in [0.1, 0.15) is 11.6 Å². The fraction of sp³-hybridized carbons (Fsp3) is 0.722. The van der Waals surface area contributed by atoms with E-state index in [9.17, 15) is 0 Å². The van der Waals surface area contributed by atoms with Crippen LogP contribution in [-0.2, 0) is 7.05 Å². The number of anilines is 1. The van der Waals surface area contributed by atoms with E-state index in [0.29, 0.717) is 12.0 Å². The third kappa shape index (κ3) is 2.39. The Morgan fingerprint density at radius 1 is 1.08 bits per heavy atom. The molecule has 4 aliphatic rings. The molecule has 0 radical (unpaired) electrons. The van der Waals surface area contributed by atoms with Gasteiger partial charge in [-0.05, 0) is 44.7 Å². The van der Waals surface area contributed by atoms with Gasteiger partial charge in [-0.15, -0.1) is 0 Å². The Morgan fingerprint density at radius 2 is 1.88 bits per heavy atom. The van der Waals surface area contributed by atoms with E-state index in [1.54, 1.807) is 0 Å². The Balaban J connectivity index is 1.51. The summed E-state index contributed by atoms with van der Waals surface area (Å²) in [5.74, 6) is 3.34. The van der Waals surface area contributed by atoms with Crippen molar-refractivity contribution < 1.29 is 0 Å². The number of rotatable bonds is 3. The highest BCUT2D eigenvalue weighted by Gasteiger charge is 2.34. The Bertz CT molecular complexity index is 739. The number of piperidine rings is 3. The second-order valence-electron chi connectivity index (χ2n) is 7.81. The van der Waals surface area contributed by atoms with Crippen LogP contribution in [0.5, 0.6) is 0 Å². The summed E-state index contributed by atoms with van der Waals surface area (Å²) in [6.45, 7) is 3.68. The minimum atomic E-state index is 0.516. The summed E-state index contributed by atoms with van der Waals surface area (Å²) in [6.07, 6.45) is 9.60. The first-order valence-electron chi connectivity index (χ1n) is 9.46. The molecule has 0 aromatic carbocycles. The largest absolute Gasteiger partial charge is 0.365 e. The monoisotopic (exact) mass is 326 g/mol. The molecule has 2 aromatic heterocycles. The molecule has 24 heavy (non-hydrogen) atoms. The van der Waals surface area contributed by atoms with E-state index in [-0.39, 0.29) is 0 Å². The van der Waals surface area contributed by atoms with Crippen molar-refractivity contribution in [3.05, 3.63) is 12.0 Å². The molecule has 6 rings (SSSR count). The van der Waals surface area contributed by atoms with Gasteiger partial charge in [-0.2, -0.15) is 5.10 Å². The van der Waals surface area contributed by atoms with E-state index in [4.69, 9.17) is 9.97 Å². The molecule has 1 N–H and O–H groups in total. The van der Waals surface area contributed by atoms with E-state index in [0.717, 1.165) is 35.1 Å². The minimum Gasteiger partial charge on any atom is -0.365 e. The van der Waals surface area contributed by atoms with Crippen LogP contribution in [0.15, 0.2) is 6.20 Å². The number of aromatic nitrogens is 4. The summed E-state index contributed by atoms with van der Waals surface area (Å²) >= 11 is 0. The predicted molar refractivity (Wildman–Crippen MR) is 94.1 cm³/mol. The maximum atomic E-state index is 4.98. The van der Waals surface area contributed by atoms with Crippen molar-refractivity contribution in [3.63, 3.8) is 0 Å². The summed E-state index contributed by atoms with van der Waals surface area (Å²) in [5, 5.41) is 9.28. The van der Waals surface area contributed by atoms with Crippen LogP contribution in [0.3, 0.4) is 0 Å². The number of aryl methyl sites for hydroxylation is 1. The first kappa shape index (κ1) is 14.6. The summed E-state index contributed by atoms with van der Waals surface area (Å²) in [6, 6.07) is 0.516. The zero-order chi connectivity index (χ0) is 16.1. The maximum absolute atomic E-state index is 4.98. The van der Waals surface area contributed by atoms with Crippen LogP contribution in [0, 0.1) is 5.92 Å². The maximum Gasteiger partial charge on any atom is 0.163 e. The van der Waals surface area contributed by atoms with E-state index < -0.39 is 0 Å². The molecule has 6 heteroatoms. The topological polar surface area (TPSA) is 58.9 Å². The smallest absolute Gasteiger partial charge is 0.163 e. The second-order valence-corrected chi connectivity index (χ2v) is 7.81. The highest BCUT2D eigenvalue weighted by Crippen LogP contribution is 2.35. The van der Waals surface area contributed by atoms with Crippen molar-refractivity contribution in [3.8, 4) is 0 Å². The third-order valence-electron chi connectivity index (χ3n) is 6.31. The normalized spacial score (nSPS) is 30.3. The molecule has 0 spiro atoms. The van der Waals surface area contributed by atoms with Gasteiger partial charge in [0.05, 0.1) is 11.6 Å². The van der Waals surface area contributed by atoms with Crippen LogP contribution in [0.2, 0.25) is 0 Å². The Labute approximate surface area is 142 Å². The average Bonchev–Trinajstić information content (AvgIpc) is 3.27. The van der Waals surface area contributed by atoms with Crippen molar-refractivity contribution in [2.75, 3.05) is 25.0 Å². The van der Waals surface area contributed by atoms with Crippen molar-refractivity contribution in [2.24, 2.45) is 13.0 Å². The van der Waals surface area contributed by atoms with E-state index in [1.165, 1.54) is 51.6 Å². The molecule has 6 nitrogen and oxygen atoms in total. The fourth-order valence-corrected chi connectivity index (χ4v) is 4.82. The molecular weight excluding hydrogens is 300 g/mol. The molecule has 4 fully saturated rings. The molecule has 2 bridgehead atoms. The van der Waals surface area contributed by atoms with Crippen LogP contribution in [-0.4, -0.2) is 50.3 Å². The van der Waals surface area contributed by atoms with Gasteiger partial charge in [-0.1, -0.05) is 12.8 Å². The molecule has 3 saturated heterocycles. The molecule has 128 valence electrons. The summed E-state index contributed by atoms with van der Waals surface area (Å²) in [7, 11) is 1.98.